The van der Waals surface area contributed by atoms with Crippen LogP contribution in [0.2, 0.25) is 0 Å². The fraction of sp³-hybridized carbons (Fsp3) is 0.286. The van der Waals surface area contributed by atoms with Gasteiger partial charge in [-0.05, 0) is 44.2 Å². The molecule has 2 amide bonds. The predicted molar refractivity (Wildman–Crippen MR) is 105 cm³/mol. The van der Waals surface area contributed by atoms with E-state index in [-0.39, 0.29) is 36.7 Å². The number of methoxy groups -OCH3 is 1. The van der Waals surface area contributed by atoms with Crippen molar-refractivity contribution in [3.63, 3.8) is 0 Å². The monoisotopic (exact) mass is 382 g/mol. The molecule has 1 N–H and O–H groups in total. The molecule has 146 valence electrons. The molecule has 3 rings (SSSR count). The van der Waals surface area contributed by atoms with E-state index in [0.29, 0.717) is 28.4 Å². The van der Waals surface area contributed by atoms with Gasteiger partial charge in [0, 0.05) is 18.0 Å². The Bertz CT molecular complexity index is 925. The third-order valence-corrected chi connectivity index (χ3v) is 4.55. The summed E-state index contributed by atoms with van der Waals surface area (Å²) in [6, 6.07) is 11.7. The normalized spacial score (nSPS) is 15.9. The molecule has 7 nitrogen and oxygen atoms in total. The van der Waals surface area contributed by atoms with Crippen molar-refractivity contribution in [1.29, 1.82) is 0 Å². The van der Waals surface area contributed by atoms with E-state index in [9.17, 15) is 14.4 Å². The lowest BCUT2D eigenvalue weighted by Gasteiger charge is -2.27. The number of fused-ring (bicyclic) bond motifs is 1. The summed E-state index contributed by atoms with van der Waals surface area (Å²) in [5.74, 6) is 0.229. The Morgan fingerprint density at radius 2 is 1.93 bits per heavy atom. The predicted octanol–water partition coefficient (Wildman–Crippen LogP) is 3.04. The summed E-state index contributed by atoms with van der Waals surface area (Å²) in [6.45, 7) is 3.05. The van der Waals surface area contributed by atoms with Crippen LogP contribution in [0.15, 0.2) is 42.5 Å². The molecule has 0 aromatic heterocycles. The van der Waals surface area contributed by atoms with Gasteiger partial charge >= 0.3 is 0 Å². The van der Waals surface area contributed by atoms with Gasteiger partial charge in [-0.1, -0.05) is 12.1 Å². The van der Waals surface area contributed by atoms with Gasteiger partial charge in [0.1, 0.15) is 0 Å². The Hall–Kier alpha value is -3.35. The Labute approximate surface area is 163 Å². The molecule has 1 unspecified atom stereocenters. The molecule has 0 radical (unpaired) electrons. The van der Waals surface area contributed by atoms with E-state index in [4.69, 9.17) is 9.47 Å². The summed E-state index contributed by atoms with van der Waals surface area (Å²) in [4.78, 5) is 38.1. The van der Waals surface area contributed by atoms with Crippen molar-refractivity contribution in [3.8, 4) is 11.5 Å². The number of benzene rings is 2. The van der Waals surface area contributed by atoms with Crippen LogP contribution in [-0.2, 0) is 9.59 Å². The van der Waals surface area contributed by atoms with Crippen LogP contribution < -0.4 is 19.7 Å². The molecule has 1 aliphatic heterocycles. The van der Waals surface area contributed by atoms with Crippen LogP contribution in [0.5, 0.6) is 11.5 Å². The number of hydrogen-bond acceptors (Lipinski definition) is 5. The van der Waals surface area contributed by atoms with Crippen LogP contribution >= 0.6 is 0 Å². The average molecular weight is 382 g/mol. The fourth-order valence-corrected chi connectivity index (χ4v) is 3.18. The second-order valence-electron chi connectivity index (χ2n) is 6.59. The van der Waals surface area contributed by atoms with Crippen molar-refractivity contribution in [3.05, 3.63) is 48.0 Å². The number of anilines is 2. The van der Waals surface area contributed by atoms with Crippen molar-refractivity contribution in [2.24, 2.45) is 0 Å². The molecule has 1 atom stereocenters. The Morgan fingerprint density at radius 3 is 2.64 bits per heavy atom. The maximum absolute atomic E-state index is 12.9. The minimum atomic E-state index is -0.318. The number of nitrogens with one attached hydrogen (secondary N) is 1. The molecule has 0 aliphatic carbocycles. The van der Waals surface area contributed by atoms with E-state index < -0.39 is 0 Å². The second kappa shape index (κ2) is 8.12. The lowest BCUT2D eigenvalue weighted by atomic mass is 10.1. The smallest absolute Gasteiger partial charge is 0.265 e. The van der Waals surface area contributed by atoms with Gasteiger partial charge in [0.05, 0.1) is 18.5 Å². The number of amides is 2. The summed E-state index contributed by atoms with van der Waals surface area (Å²) >= 11 is 0. The van der Waals surface area contributed by atoms with Gasteiger partial charge < -0.3 is 19.7 Å². The molecule has 0 bridgehead atoms. The summed E-state index contributed by atoms with van der Waals surface area (Å²) < 4.78 is 10.9. The number of para-hydroxylation sites is 2. The van der Waals surface area contributed by atoms with Gasteiger partial charge in [0.2, 0.25) is 5.91 Å². The van der Waals surface area contributed by atoms with Crippen molar-refractivity contribution in [1.82, 2.24) is 0 Å². The van der Waals surface area contributed by atoms with E-state index in [1.165, 1.54) is 14.0 Å². The molecule has 2 aromatic carbocycles. The SMILES string of the molecule is COc1cc(C(C)=O)ccc1OCC(=O)N1c2ccccc2NC(=O)CC1C. The molecule has 0 saturated carbocycles. The van der Waals surface area contributed by atoms with Crippen LogP contribution in [0, 0.1) is 0 Å². The van der Waals surface area contributed by atoms with Gasteiger partial charge in [-0.3, -0.25) is 14.4 Å². The molecule has 7 heteroatoms. The number of carbonyl (C=O) groups is 3. The summed E-state index contributed by atoms with van der Waals surface area (Å²) in [5, 5.41) is 2.82. The number of nitrogens with zero attached hydrogens (tertiary/aromatic N) is 1. The molecule has 2 aromatic rings. The van der Waals surface area contributed by atoms with Crippen LogP contribution in [0.4, 0.5) is 11.4 Å². The van der Waals surface area contributed by atoms with Gasteiger partial charge in [-0.25, -0.2) is 0 Å². The largest absolute Gasteiger partial charge is 0.493 e. The van der Waals surface area contributed by atoms with Crippen LogP contribution in [0.1, 0.15) is 30.6 Å². The number of carbonyl (C=O) groups excluding carboxylic acids is 3. The van der Waals surface area contributed by atoms with E-state index in [1.54, 1.807) is 41.3 Å². The minimum absolute atomic E-state index is 0.0897. The lowest BCUT2D eigenvalue weighted by Crippen LogP contribution is -2.41. The Balaban J connectivity index is 1.81. The van der Waals surface area contributed by atoms with E-state index in [2.05, 4.69) is 5.32 Å². The molecule has 0 saturated heterocycles. The molecule has 0 fully saturated rings. The van der Waals surface area contributed by atoms with Crippen molar-refractivity contribution >= 4 is 29.0 Å². The van der Waals surface area contributed by atoms with Crippen LogP contribution in [-0.4, -0.2) is 37.4 Å². The van der Waals surface area contributed by atoms with E-state index in [1.807, 2.05) is 13.0 Å². The highest BCUT2D eigenvalue weighted by atomic mass is 16.5. The van der Waals surface area contributed by atoms with Crippen molar-refractivity contribution in [2.45, 2.75) is 26.3 Å². The standard InChI is InChI=1S/C21H22N2O5/c1-13-10-20(25)22-16-6-4-5-7-17(16)23(13)21(26)12-28-18-9-8-15(14(2)24)11-19(18)27-3/h4-9,11,13H,10,12H2,1-3H3,(H,22,25). The maximum atomic E-state index is 12.9. The molecule has 1 aliphatic rings. The number of ketones is 1. The molecular weight excluding hydrogens is 360 g/mol. The van der Waals surface area contributed by atoms with Crippen molar-refractivity contribution < 1.29 is 23.9 Å². The van der Waals surface area contributed by atoms with E-state index >= 15 is 0 Å². The quantitative estimate of drug-likeness (QED) is 0.804. The zero-order valence-electron chi connectivity index (χ0n) is 16.0. The molecule has 0 spiro atoms. The molecule has 28 heavy (non-hydrogen) atoms. The number of ether oxygens (including phenoxy) is 2. The first-order valence-electron chi connectivity index (χ1n) is 8.93. The average Bonchev–Trinajstić information content (AvgIpc) is 2.80. The van der Waals surface area contributed by atoms with E-state index in [0.717, 1.165) is 0 Å². The summed E-state index contributed by atoms with van der Waals surface area (Å²) in [5.41, 5.74) is 1.72. The first-order chi connectivity index (χ1) is 13.4. The van der Waals surface area contributed by atoms with Gasteiger partial charge in [-0.2, -0.15) is 0 Å². The minimum Gasteiger partial charge on any atom is -0.493 e. The van der Waals surface area contributed by atoms with Crippen molar-refractivity contribution in [2.75, 3.05) is 23.9 Å². The highest BCUT2D eigenvalue weighted by molar-refractivity contribution is 6.04. The summed E-state index contributed by atoms with van der Waals surface area (Å²) in [6.07, 6.45) is 0.192. The third kappa shape index (κ3) is 3.98. The number of rotatable bonds is 5. The lowest BCUT2D eigenvalue weighted by molar-refractivity contribution is -0.121. The number of Topliss-reactive ketones (excluding diaryl/α,β-unsaturated/α-hetero) is 1. The van der Waals surface area contributed by atoms with Gasteiger partial charge in [0.25, 0.3) is 5.91 Å². The maximum Gasteiger partial charge on any atom is 0.265 e. The molecular formula is C21H22N2O5. The van der Waals surface area contributed by atoms with Crippen LogP contribution in [0.25, 0.3) is 0 Å². The zero-order chi connectivity index (χ0) is 20.3. The third-order valence-electron chi connectivity index (χ3n) is 4.55. The first-order valence-corrected chi connectivity index (χ1v) is 8.93. The number of hydrogen-bond donors (Lipinski definition) is 1. The fourth-order valence-electron chi connectivity index (χ4n) is 3.18. The van der Waals surface area contributed by atoms with Gasteiger partial charge in [0.15, 0.2) is 23.9 Å². The Morgan fingerprint density at radius 1 is 1.18 bits per heavy atom. The highest BCUT2D eigenvalue weighted by Gasteiger charge is 2.29. The highest BCUT2D eigenvalue weighted by Crippen LogP contribution is 2.32. The van der Waals surface area contributed by atoms with Crippen LogP contribution in [0.3, 0.4) is 0 Å². The first kappa shape index (κ1) is 19.4. The topological polar surface area (TPSA) is 84.9 Å². The zero-order valence-corrected chi connectivity index (χ0v) is 16.0. The summed E-state index contributed by atoms with van der Waals surface area (Å²) in [7, 11) is 1.47. The van der Waals surface area contributed by atoms with Gasteiger partial charge in [-0.15, -0.1) is 0 Å². The second-order valence-corrected chi connectivity index (χ2v) is 6.59. The Kier molecular flexibility index (Phi) is 5.63. The molecule has 1 heterocycles.